The van der Waals surface area contributed by atoms with Gasteiger partial charge in [-0.2, -0.15) is 0 Å². The molecule has 0 radical (unpaired) electrons. The van der Waals surface area contributed by atoms with Crippen LogP contribution in [0.15, 0.2) is 24.3 Å². The lowest BCUT2D eigenvalue weighted by atomic mass is 10.0. The van der Waals surface area contributed by atoms with Crippen LogP contribution in [0.5, 0.6) is 5.75 Å². The van der Waals surface area contributed by atoms with E-state index in [1.54, 1.807) is 0 Å². The molecule has 1 saturated heterocycles. The highest BCUT2D eigenvalue weighted by atomic mass is 16.5. The first-order valence-electron chi connectivity index (χ1n) is 11.0. The van der Waals surface area contributed by atoms with Gasteiger partial charge < -0.3 is 14.6 Å². The summed E-state index contributed by atoms with van der Waals surface area (Å²) < 4.78 is 8.53. The molecule has 1 unspecified atom stereocenters. The summed E-state index contributed by atoms with van der Waals surface area (Å²) in [6.07, 6.45) is 9.15. The van der Waals surface area contributed by atoms with Crippen molar-refractivity contribution in [3.05, 3.63) is 41.5 Å². The van der Waals surface area contributed by atoms with E-state index >= 15 is 0 Å². The molecule has 3 aliphatic rings. The van der Waals surface area contributed by atoms with Crippen LogP contribution in [0, 0.1) is 0 Å². The molecule has 1 atom stereocenters. The fraction of sp³-hybridized carbons (Fsp3) is 0.636. The highest BCUT2D eigenvalue weighted by Gasteiger charge is 2.26. The molecular formula is C22H31N5O. The van der Waals surface area contributed by atoms with Crippen LogP contribution in [0.2, 0.25) is 0 Å². The topological polar surface area (TPSA) is 55.2 Å². The second-order valence-corrected chi connectivity index (χ2v) is 8.51. The van der Waals surface area contributed by atoms with E-state index in [0.717, 1.165) is 50.1 Å². The average Bonchev–Trinajstić information content (AvgIpc) is 3.38. The molecule has 2 aromatic rings. The predicted octanol–water partition coefficient (Wildman–Crippen LogP) is 3.43. The zero-order valence-electron chi connectivity index (χ0n) is 16.6. The Balaban J connectivity index is 1.23. The summed E-state index contributed by atoms with van der Waals surface area (Å²) in [5, 5.41) is 12.7. The molecule has 28 heavy (non-hydrogen) atoms. The molecule has 2 fully saturated rings. The highest BCUT2D eigenvalue weighted by Crippen LogP contribution is 2.27. The fourth-order valence-electron chi connectivity index (χ4n) is 4.87. The lowest BCUT2D eigenvalue weighted by Gasteiger charge is -2.30. The Morgan fingerprint density at radius 3 is 2.79 bits per heavy atom. The van der Waals surface area contributed by atoms with E-state index in [-0.39, 0.29) is 0 Å². The van der Waals surface area contributed by atoms with E-state index in [1.807, 2.05) is 0 Å². The monoisotopic (exact) mass is 381 g/mol. The lowest BCUT2D eigenvalue weighted by Crippen LogP contribution is -2.36. The van der Waals surface area contributed by atoms with Gasteiger partial charge in [0.15, 0.2) is 0 Å². The van der Waals surface area contributed by atoms with Gasteiger partial charge in [0.25, 0.3) is 0 Å². The smallest absolute Gasteiger partial charge is 0.150 e. The minimum absolute atomic E-state index is 0.381. The Morgan fingerprint density at radius 1 is 1.04 bits per heavy atom. The third-order valence-electron chi connectivity index (χ3n) is 6.39. The zero-order chi connectivity index (χ0) is 18.8. The standard InChI is InChI=1S/C22H31N5O/c1-2-8-18(7-1)28-19-9-5-6-17(14-19)15-26-12-13-27-21(16-26)24-25-22(27)20-10-3-4-11-23-20/h5-6,9,14,18,20,23H,1-4,7-8,10-13,15-16H2. The van der Waals surface area contributed by atoms with E-state index in [2.05, 4.69) is 49.2 Å². The number of hydrogen-bond donors (Lipinski definition) is 1. The summed E-state index contributed by atoms with van der Waals surface area (Å²) in [5.41, 5.74) is 1.32. The van der Waals surface area contributed by atoms with Gasteiger partial charge in [-0.15, -0.1) is 10.2 Å². The van der Waals surface area contributed by atoms with Crippen LogP contribution in [0.3, 0.4) is 0 Å². The number of piperidine rings is 1. The van der Waals surface area contributed by atoms with Crippen molar-refractivity contribution in [1.82, 2.24) is 25.0 Å². The van der Waals surface area contributed by atoms with E-state index in [1.165, 1.54) is 50.5 Å². The average molecular weight is 382 g/mol. The highest BCUT2D eigenvalue weighted by molar-refractivity contribution is 5.29. The maximum absolute atomic E-state index is 6.18. The number of nitrogens with one attached hydrogen (secondary N) is 1. The summed E-state index contributed by atoms with van der Waals surface area (Å²) in [6, 6.07) is 9.02. The van der Waals surface area contributed by atoms with Gasteiger partial charge in [-0.1, -0.05) is 18.6 Å². The van der Waals surface area contributed by atoms with Crippen molar-refractivity contribution in [3.8, 4) is 5.75 Å². The van der Waals surface area contributed by atoms with Gasteiger partial charge in [0.1, 0.15) is 17.4 Å². The van der Waals surface area contributed by atoms with Gasteiger partial charge in [0.05, 0.1) is 18.7 Å². The Hall–Kier alpha value is -1.92. The molecule has 1 aromatic carbocycles. The molecule has 0 bridgehead atoms. The number of ether oxygens (including phenoxy) is 1. The molecular weight excluding hydrogens is 350 g/mol. The van der Waals surface area contributed by atoms with Crippen molar-refractivity contribution in [2.45, 2.75) is 76.7 Å². The van der Waals surface area contributed by atoms with Crippen molar-refractivity contribution in [2.75, 3.05) is 13.1 Å². The minimum Gasteiger partial charge on any atom is -0.490 e. The second-order valence-electron chi connectivity index (χ2n) is 8.51. The molecule has 0 spiro atoms. The van der Waals surface area contributed by atoms with Crippen LogP contribution in [-0.4, -0.2) is 38.9 Å². The van der Waals surface area contributed by atoms with Crippen LogP contribution in [0.4, 0.5) is 0 Å². The van der Waals surface area contributed by atoms with Crippen molar-refractivity contribution in [2.24, 2.45) is 0 Å². The van der Waals surface area contributed by atoms with Gasteiger partial charge >= 0.3 is 0 Å². The van der Waals surface area contributed by atoms with Crippen molar-refractivity contribution in [3.63, 3.8) is 0 Å². The molecule has 1 aromatic heterocycles. The van der Waals surface area contributed by atoms with Crippen LogP contribution < -0.4 is 10.1 Å². The van der Waals surface area contributed by atoms with E-state index in [0.29, 0.717) is 12.1 Å². The number of aromatic nitrogens is 3. The van der Waals surface area contributed by atoms with Crippen LogP contribution in [0.25, 0.3) is 0 Å². The molecule has 1 N–H and O–H groups in total. The number of benzene rings is 1. The Bertz CT molecular complexity index is 792. The first-order valence-corrected chi connectivity index (χ1v) is 11.0. The van der Waals surface area contributed by atoms with Crippen LogP contribution in [0.1, 0.15) is 68.2 Å². The summed E-state index contributed by atoms with van der Waals surface area (Å²) in [6.45, 7) is 4.92. The van der Waals surface area contributed by atoms with Crippen LogP contribution in [-0.2, 0) is 19.6 Å². The van der Waals surface area contributed by atoms with Crippen molar-refractivity contribution >= 4 is 0 Å². The number of nitrogens with zero attached hydrogens (tertiary/aromatic N) is 4. The molecule has 6 heteroatoms. The Labute approximate surface area is 167 Å². The Kier molecular flexibility index (Phi) is 5.32. The maximum atomic E-state index is 6.18. The second kappa shape index (κ2) is 8.21. The summed E-state index contributed by atoms with van der Waals surface area (Å²) >= 11 is 0. The fourth-order valence-corrected chi connectivity index (χ4v) is 4.87. The third kappa shape index (κ3) is 3.94. The lowest BCUT2D eigenvalue weighted by molar-refractivity contribution is 0.200. The van der Waals surface area contributed by atoms with Gasteiger partial charge in [0.2, 0.25) is 0 Å². The zero-order valence-corrected chi connectivity index (χ0v) is 16.6. The molecule has 1 saturated carbocycles. The van der Waals surface area contributed by atoms with Gasteiger partial charge in [0, 0.05) is 19.6 Å². The minimum atomic E-state index is 0.381. The molecule has 1 aliphatic carbocycles. The SMILES string of the molecule is c1cc(CN2CCn3c(nnc3C3CCCCN3)C2)cc(OC2CCCC2)c1. The van der Waals surface area contributed by atoms with Gasteiger partial charge in [-0.25, -0.2) is 0 Å². The third-order valence-corrected chi connectivity index (χ3v) is 6.39. The number of fused-ring (bicyclic) bond motifs is 1. The van der Waals surface area contributed by atoms with E-state index < -0.39 is 0 Å². The van der Waals surface area contributed by atoms with Crippen molar-refractivity contribution < 1.29 is 4.74 Å². The quantitative estimate of drug-likeness (QED) is 0.860. The first kappa shape index (κ1) is 18.1. The van der Waals surface area contributed by atoms with Gasteiger partial charge in [-0.3, -0.25) is 4.90 Å². The molecule has 6 nitrogen and oxygen atoms in total. The van der Waals surface area contributed by atoms with Gasteiger partial charge in [-0.05, 0) is 62.8 Å². The number of rotatable bonds is 5. The first-order chi connectivity index (χ1) is 13.8. The van der Waals surface area contributed by atoms with Crippen LogP contribution >= 0.6 is 0 Å². The van der Waals surface area contributed by atoms with E-state index in [4.69, 9.17) is 4.74 Å². The molecule has 3 heterocycles. The predicted molar refractivity (Wildman–Crippen MR) is 108 cm³/mol. The molecule has 5 rings (SSSR count). The maximum Gasteiger partial charge on any atom is 0.150 e. The summed E-state index contributed by atoms with van der Waals surface area (Å²) in [4.78, 5) is 2.47. The summed E-state index contributed by atoms with van der Waals surface area (Å²) in [5.74, 6) is 3.27. The molecule has 0 amide bonds. The molecule has 2 aliphatic heterocycles. The summed E-state index contributed by atoms with van der Waals surface area (Å²) in [7, 11) is 0. The largest absolute Gasteiger partial charge is 0.490 e. The molecule has 150 valence electrons. The normalized spacial score (nSPS) is 23.6. The Morgan fingerprint density at radius 2 is 1.93 bits per heavy atom. The van der Waals surface area contributed by atoms with E-state index in [9.17, 15) is 0 Å². The van der Waals surface area contributed by atoms with Crippen molar-refractivity contribution in [1.29, 1.82) is 0 Å². The number of hydrogen-bond acceptors (Lipinski definition) is 5.